The summed E-state index contributed by atoms with van der Waals surface area (Å²) in [6, 6.07) is 5.44. The fraction of sp³-hybridized carbons (Fsp3) is 0.308. The van der Waals surface area contributed by atoms with E-state index in [0.717, 1.165) is 17.3 Å². The van der Waals surface area contributed by atoms with Gasteiger partial charge in [0, 0.05) is 21.1 Å². The lowest BCUT2D eigenvalue weighted by molar-refractivity contribution is 0.814. The second-order valence-electron chi connectivity index (χ2n) is 4.45. The molecule has 1 aromatic carbocycles. The quantitative estimate of drug-likeness (QED) is 0.939. The van der Waals surface area contributed by atoms with Crippen molar-refractivity contribution in [1.82, 2.24) is 9.55 Å². The zero-order valence-corrected chi connectivity index (χ0v) is 12.6. The predicted octanol–water partition coefficient (Wildman–Crippen LogP) is 3.41. The van der Waals surface area contributed by atoms with Crippen molar-refractivity contribution < 1.29 is 0 Å². The van der Waals surface area contributed by atoms with Crippen molar-refractivity contribution in [3.63, 3.8) is 0 Å². The molecule has 0 radical (unpaired) electrons. The van der Waals surface area contributed by atoms with Crippen LogP contribution in [0.5, 0.6) is 0 Å². The van der Waals surface area contributed by atoms with Crippen molar-refractivity contribution in [1.29, 1.82) is 0 Å². The molecule has 0 saturated carbocycles. The topological polar surface area (TPSA) is 33.1 Å². The molecule has 1 heterocycles. The highest BCUT2D eigenvalue weighted by Crippen LogP contribution is 2.30. The van der Waals surface area contributed by atoms with Crippen LogP contribution < -0.4 is 10.2 Å². The molecule has 0 bridgehead atoms. The van der Waals surface area contributed by atoms with E-state index in [2.05, 4.69) is 10.3 Å². The number of halogens is 2. The number of para-hydroxylation sites is 1. The van der Waals surface area contributed by atoms with Crippen LogP contribution in [0, 0.1) is 0 Å². The summed E-state index contributed by atoms with van der Waals surface area (Å²) in [5, 5.41) is 4.47. The van der Waals surface area contributed by atoms with Gasteiger partial charge in [0.1, 0.15) is 0 Å². The summed E-state index contributed by atoms with van der Waals surface area (Å²) in [7, 11) is 5.91. The van der Waals surface area contributed by atoms with E-state index in [1.54, 1.807) is 0 Å². The molecular weight excluding hydrogens is 283 g/mol. The van der Waals surface area contributed by atoms with E-state index in [4.69, 9.17) is 23.2 Å². The highest BCUT2D eigenvalue weighted by atomic mass is 35.5. The van der Waals surface area contributed by atoms with Gasteiger partial charge in [0.2, 0.25) is 5.95 Å². The van der Waals surface area contributed by atoms with Gasteiger partial charge in [0.25, 0.3) is 0 Å². The Morgan fingerprint density at radius 3 is 2.42 bits per heavy atom. The first-order chi connectivity index (χ1) is 9.00. The summed E-state index contributed by atoms with van der Waals surface area (Å²) in [5.74, 6) is 0.905. The van der Waals surface area contributed by atoms with Crippen LogP contribution in [0.25, 0.3) is 0 Å². The third-order valence-corrected chi connectivity index (χ3v) is 3.50. The third kappa shape index (κ3) is 2.96. The second-order valence-corrected chi connectivity index (χ2v) is 5.27. The zero-order valence-electron chi connectivity index (χ0n) is 11.1. The van der Waals surface area contributed by atoms with E-state index in [0.29, 0.717) is 16.6 Å². The molecule has 2 aromatic rings. The summed E-state index contributed by atoms with van der Waals surface area (Å²) in [6.45, 7) is 0.612. The highest BCUT2D eigenvalue weighted by molar-refractivity contribution is 6.39. The molecular formula is C13H16Cl2N4. The van der Waals surface area contributed by atoms with Crippen molar-refractivity contribution in [3.8, 4) is 0 Å². The van der Waals surface area contributed by atoms with Gasteiger partial charge in [0.15, 0.2) is 0 Å². The molecule has 0 aliphatic rings. The minimum Gasteiger partial charge on any atom is -0.377 e. The van der Waals surface area contributed by atoms with Crippen LogP contribution in [0.4, 0.5) is 11.6 Å². The van der Waals surface area contributed by atoms with Crippen molar-refractivity contribution in [2.75, 3.05) is 24.3 Å². The summed E-state index contributed by atoms with van der Waals surface area (Å²) >= 11 is 12.2. The maximum absolute atomic E-state index is 6.11. The van der Waals surface area contributed by atoms with E-state index >= 15 is 0 Å². The molecule has 19 heavy (non-hydrogen) atoms. The zero-order chi connectivity index (χ0) is 14.0. The Hall–Kier alpha value is -1.39. The smallest absolute Gasteiger partial charge is 0.204 e. The highest BCUT2D eigenvalue weighted by Gasteiger charge is 2.09. The summed E-state index contributed by atoms with van der Waals surface area (Å²) in [6.07, 6.45) is 1.84. The second kappa shape index (κ2) is 5.72. The van der Waals surface area contributed by atoms with Gasteiger partial charge in [-0.05, 0) is 12.1 Å². The molecule has 6 heteroatoms. The van der Waals surface area contributed by atoms with Gasteiger partial charge in [0.05, 0.1) is 34.2 Å². The van der Waals surface area contributed by atoms with E-state index in [1.165, 1.54) is 0 Å². The van der Waals surface area contributed by atoms with Gasteiger partial charge >= 0.3 is 0 Å². The van der Waals surface area contributed by atoms with Crippen LogP contribution in [0.1, 0.15) is 5.69 Å². The molecule has 0 fully saturated rings. The van der Waals surface area contributed by atoms with Gasteiger partial charge in [-0.2, -0.15) is 0 Å². The van der Waals surface area contributed by atoms with Crippen molar-refractivity contribution in [3.05, 3.63) is 40.1 Å². The molecule has 0 amide bonds. The SMILES string of the molecule is CN(C)c1ncc(CNc2c(Cl)cccc2Cl)n1C. The number of aromatic nitrogens is 2. The fourth-order valence-corrected chi connectivity index (χ4v) is 2.39. The monoisotopic (exact) mass is 298 g/mol. The maximum Gasteiger partial charge on any atom is 0.204 e. The third-order valence-electron chi connectivity index (χ3n) is 2.87. The number of benzene rings is 1. The number of nitrogens with zero attached hydrogens (tertiary/aromatic N) is 3. The molecule has 0 aliphatic heterocycles. The summed E-state index contributed by atoms with van der Waals surface area (Å²) in [4.78, 5) is 6.32. The first kappa shape index (κ1) is 14.0. The van der Waals surface area contributed by atoms with Crippen LogP contribution in [0.3, 0.4) is 0 Å². The summed E-state index contributed by atoms with van der Waals surface area (Å²) in [5.41, 5.74) is 1.80. The molecule has 0 atom stereocenters. The van der Waals surface area contributed by atoms with E-state index in [9.17, 15) is 0 Å². The van der Waals surface area contributed by atoms with E-state index in [-0.39, 0.29) is 0 Å². The Balaban J connectivity index is 2.15. The minimum absolute atomic E-state index is 0.612. The van der Waals surface area contributed by atoms with Gasteiger partial charge < -0.3 is 14.8 Å². The van der Waals surface area contributed by atoms with Crippen LogP contribution in [-0.4, -0.2) is 23.6 Å². The lowest BCUT2D eigenvalue weighted by atomic mass is 10.3. The summed E-state index contributed by atoms with van der Waals surface area (Å²) < 4.78 is 2.03. The molecule has 1 N–H and O–H groups in total. The number of hydrogen-bond donors (Lipinski definition) is 1. The van der Waals surface area contributed by atoms with Gasteiger partial charge in [-0.1, -0.05) is 29.3 Å². The largest absolute Gasteiger partial charge is 0.377 e. The van der Waals surface area contributed by atoms with Crippen LogP contribution in [0.15, 0.2) is 24.4 Å². The lowest BCUT2D eigenvalue weighted by Gasteiger charge is -2.14. The molecule has 0 unspecified atom stereocenters. The van der Waals surface area contributed by atoms with Crippen molar-refractivity contribution in [2.45, 2.75) is 6.54 Å². The predicted molar refractivity (Wildman–Crippen MR) is 81.3 cm³/mol. The lowest BCUT2D eigenvalue weighted by Crippen LogP contribution is -2.15. The van der Waals surface area contributed by atoms with Crippen molar-refractivity contribution in [2.24, 2.45) is 7.05 Å². The first-order valence-corrected chi connectivity index (χ1v) is 6.62. The van der Waals surface area contributed by atoms with Crippen LogP contribution in [-0.2, 0) is 13.6 Å². The standard InChI is InChI=1S/C13H16Cl2N4/c1-18(2)13-17-8-9(19(13)3)7-16-12-10(14)5-4-6-11(12)15/h4-6,8,16H,7H2,1-3H3. The first-order valence-electron chi connectivity index (χ1n) is 5.86. The Morgan fingerprint density at radius 2 is 1.89 bits per heavy atom. The number of rotatable bonds is 4. The van der Waals surface area contributed by atoms with Gasteiger partial charge in [-0.25, -0.2) is 4.98 Å². The normalized spacial score (nSPS) is 10.6. The number of hydrogen-bond acceptors (Lipinski definition) is 3. The molecule has 2 rings (SSSR count). The number of nitrogens with one attached hydrogen (secondary N) is 1. The Morgan fingerprint density at radius 1 is 1.26 bits per heavy atom. The van der Waals surface area contributed by atoms with E-state index in [1.807, 2.05) is 55.0 Å². The molecule has 102 valence electrons. The molecule has 4 nitrogen and oxygen atoms in total. The van der Waals surface area contributed by atoms with Gasteiger partial charge in [-0.15, -0.1) is 0 Å². The minimum atomic E-state index is 0.612. The van der Waals surface area contributed by atoms with Gasteiger partial charge in [-0.3, -0.25) is 0 Å². The average Bonchev–Trinajstić information content (AvgIpc) is 2.70. The molecule has 0 spiro atoms. The number of anilines is 2. The Kier molecular flexibility index (Phi) is 4.22. The Labute approximate surface area is 123 Å². The van der Waals surface area contributed by atoms with Crippen LogP contribution in [0.2, 0.25) is 10.0 Å². The van der Waals surface area contributed by atoms with Crippen molar-refractivity contribution >= 4 is 34.8 Å². The number of imidazole rings is 1. The molecule has 0 aliphatic carbocycles. The molecule has 1 aromatic heterocycles. The Bertz CT molecular complexity index is 558. The fourth-order valence-electron chi connectivity index (χ4n) is 1.86. The van der Waals surface area contributed by atoms with E-state index < -0.39 is 0 Å². The average molecular weight is 299 g/mol. The van der Waals surface area contributed by atoms with Crippen LogP contribution >= 0.6 is 23.2 Å². The molecule has 0 saturated heterocycles. The maximum atomic E-state index is 6.11.